The van der Waals surface area contributed by atoms with Gasteiger partial charge in [0.25, 0.3) is 0 Å². The molecule has 0 saturated heterocycles. The molecule has 106 valence electrons. The highest BCUT2D eigenvalue weighted by molar-refractivity contribution is 5.41. The van der Waals surface area contributed by atoms with E-state index in [1.807, 2.05) is 18.2 Å². The molecule has 0 radical (unpaired) electrons. The highest BCUT2D eigenvalue weighted by Crippen LogP contribution is 2.23. The number of hydrogen-bond donors (Lipinski definition) is 1. The molecule has 0 bridgehead atoms. The van der Waals surface area contributed by atoms with Crippen molar-refractivity contribution in [1.29, 1.82) is 0 Å². The van der Waals surface area contributed by atoms with Gasteiger partial charge in [0.2, 0.25) is 5.88 Å². The number of ether oxygens (including phenoxy) is 2. The summed E-state index contributed by atoms with van der Waals surface area (Å²) in [5.41, 5.74) is 2.42. The third-order valence-electron chi connectivity index (χ3n) is 2.98. The molecule has 2 rings (SSSR count). The summed E-state index contributed by atoms with van der Waals surface area (Å²) in [6.07, 6.45) is 0. The topological polar surface area (TPSA) is 56.3 Å². The summed E-state index contributed by atoms with van der Waals surface area (Å²) >= 11 is 0. The van der Waals surface area contributed by atoms with Crippen molar-refractivity contribution in [1.82, 2.24) is 9.97 Å². The van der Waals surface area contributed by atoms with Crippen molar-refractivity contribution in [3.8, 4) is 11.6 Å². The zero-order valence-electron chi connectivity index (χ0n) is 12.2. The second-order valence-electron chi connectivity index (χ2n) is 4.54. The predicted octanol–water partition coefficient (Wildman–Crippen LogP) is 3.07. The van der Waals surface area contributed by atoms with Gasteiger partial charge in [-0.25, -0.2) is 4.98 Å². The molecule has 0 saturated carbocycles. The van der Waals surface area contributed by atoms with Crippen LogP contribution in [0.3, 0.4) is 0 Å². The van der Waals surface area contributed by atoms with Crippen LogP contribution in [0.15, 0.2) is 24.3 Å². The van der Waals surface area contributed by atoms with Crippen LogP contribution < -0.4 is 10.1 Å². The minimum Gasteiger partial charge on any atom is -0.439 e. The summed E-state index contributed by atoms with van der Waals surface area (Å²) < 4.78 is 10.9. The lowest BCUT2D eigenvalue weighted by molar-refractivity contribution is 0.177. The van der Waals surface area contributed by atoms with Crippen molar-refractivity contribution in [2.45, 2.75) is 20.5 Å². The van der Waals surface area contributed by atoms with Crippen LogP contribution >= 0.6 is 0 Å². The van der Waals surface area contributed by atoms with E-state index < -0.39 is 0 Å². The number of hydrogen-bond acceptors (Lipinski definition) is 5. The summed E-state index contributed by atoms with van der Waals surface area (Å²) in [6.45, 7) is 4.47. The molecule has 0 aliphatic heterocycles. The smallest absolute Gasteiger partial charge is 0.224 e. The fourth-order valence-corrected chi connectivity index (χ4v) is 1.74. The van der Waals surface area contributed by atoms with Gasteiger partial charge in [0.05, 0.1) is 0 Å². The van der Waals surface area contributed by atoms with Gasteiger partial charge in [0.15, 0.2) is 5.82 Å². The van der Waals surface area contributed by atoms with Crippen molar-refractivity contribution < 1.29 is 9.47 Å². The quantitative estimate of drug-likeness (QED) is 0.907. The zero-order chi connectivity index (χ0) is 14.5. The van der Waals surface area contributed by atoms with E-state index in [-0.39, 0.29) is 0 Å². The largest absolute Gasteiger partial charge is 0.439 e. The molecule has 0 aliphatic carbocycles. The summed E-state index contributed by atoms with van der Waals surface area (Å²) in [4.78, 5) is 8.61. The second kappa shape index (κ2) is 6.34. The van der Waals surface area contributed by atoms with Crippen LogP contribution in [0.25, 0.3) is 0 Å². The van der Waals surface area contributed by atoms with E-state index in [2.05, 4.69) is 29.1 Å². The number of aromatic nitrogens is 2. The van der Waals surface area contributed by atoms with Crippen LogP contribution in [-0.4, -0.2) is 24.1 Å². The number of rotatable bonds is 5. The molecule has 0 spiro atoms. The van der Waals surface area contributed by atoms with E-state index in [4.69, 9.17) is 9.47 Å². The Labute approximate surface area is 119 Å². The molecular formula is C15H19N3O2. The fourth-order valence-electron chi connectivity index (χ4n) is 1.74. The molecule has 5 heteroatoms. The Morgan fingerprint density at radius 2 is 1.90 bits per heavy atom. The maximum atomic E-state index is 5.80. The average molecular weight is 273 g/mol. The van der Waals surface area contributed by atoms with Crippen molar-refractivity contribution >= 4 is 5.82 Å². The SMILES string of the molecule is CNc1cc(Oc2ccc(C)c(C)c2)nc(COC)n1. The molecule has 0 aliphatic rings. The lowest BCUT2D eigenvalue weighted by Crippen LogP contribution is -2.03. The Balaban J connectivity index is 2.27. The lowest BCUT2D eigenvalue weighted by atomic mass is 10.1. The third-order valence-corrected chi connectivity index (χ3v) is 2.98. The standard InChI is InChI=1S/C15H19N3O2/c1-10-5-6-12(7-11(10)2)20-15-8-13(16-3)17-14(18-15)9-19-4/h5-8H,9H2,1-4H3,(H,16,17,18). The van der Waals surface area contributed by atoms with Gasteiger partial charge < -0.3 is 14.8 Å². The van der Waals surface area contributed by atoms with Crippen LogP contribution in [0.2, 0.25) is 0 Å². The Bertz CT molecular complexity index is 600. The summed E-state index contributed by atoms with van der Waals surface area (Å²) in [5.74, 6) is 2.54. The van der Waals surface area contributed by atoms with Crippen LogP contribution in [0, 0.1) is 13.8 Å². The van der Waals surface area contributed by atoms with Gasteiger partial charge in [-0.2, -0.15) is 4.98 Å². The van der Waals surface area contributed by atoms with Crippen molar-refractivity contribution in [3.05, 3.63) is 41.2 Å². The fraction of sp³-hybridized carbons (Fsp3) is 0.333. The van der Waals surface area contributed by atoms with Gasteiger partial charge >= 0.3 is 0 Å². The zero-order valence-corrected chi connectivity index (χ0v) is 12.2. The van der Waals surface area contributed by atoms with Crippen molar-refractivity contribution in [3.63, 3.8) is 0 Å². The van der Waals surface area contributed by atoms with Crippen LogP contribution in [-0.2, 0) is 11.3 Å². The monoisotopic (exact) mass is 273 g/mol. The summed E-state index contributed by atoms with van der Waals surface area (Å²) in [7, 11) is 3.41. The molecular weight excluding hydrogens is 254 g/mol. The normalized spacial score (nSPS) is 10.4. The van der Waals surface area contributed by atoms with Crippen molar-refractivity contribution in [2.24, 2.45) is 0 Å². The molecule has 20 heavy (non-hydrogen) atoms. The van der Waals surface area contributed by atoms with E-state index in [1.54, 1.807) is 20.2 Å². The lowest BCUT2D eigenvalue weighted by Gasteiger charge is -2.10. The summed E-state index contributed by atoms with van der Waals surface area (Å²) in [6, 6.07) is 7.71. The van der Waals surface area contributed by atoms with E-state index in [0.717, 1.165) is 5.75 Å². The first-order valence-corrected chi connectivity index (χ1v) is 6.42. The Morgan fingerprint density at radius 3 is 2.55 bits per heavy atom. The molecule has 0 atom stereocenters. The molecule has 1 aromatic heterocycles. The number of aryl methyl sites for hydroxylation is 2. The number of nitrogens with one attached hydrogen (secondary N) is 1. The minimum absolute atomic E-state index is 0.346. The number of benzene rings is 1. The van der Waals surface area contributed by atoms with Crippen molar-refractivity contribution in [2.75, 3.05) is 19.5 Å². The van der Waals surface area contributed by atoms with Gasteiger partial charge in [-0.3, -0.25) is 0 Å². The number of anilines is 1. The molecule has 0 amide bonds. The van der Waals surface area contributed by atoms with E-state index in [0.29, 0.717) is 24.1 Å². The molecule has 1 aromatic carbocycles. The molecule has 2 aromatic rings. The molecule has 1 heterocycles. The maximum absolute atomic E-state index is 5.80. The average Bonchev–Trinajstić information content (AvgIpc) is 2.43. The van der Waals surface area contributed by atoms with Gasteiger partial charge in [-0.05, 0) is 37.1 Å². The Hall–Kier alpha value is -2.14. The Kier molecular flexibility index (Phi) is 4.53. The van der Waals surface area contributed by atoms with Crippen LogP contribution in [0.5, 0.6) is 11.6 Å². The number of nitrogens with zero attached hydrogens (tertiary/aromatic N) is 2. The van der Waals surface area contributed by atoms with E-state index in [9.17, 15) is 0 Å². The molecule has 1 N–H and O–H groups in total. The predicted molar refractivity (Wildman–Crippen MR) is 78.3 cm³/mol. The van der Waals surface area contributed by atoms with Gasteiger partial charge in [0, 0.05) is 20.2 Å². The molecule has 0 unspecified atom stereocenters. The van der Waals surface area contributed by atoms with Crippen LogP contribution in [0.4, 0.5) is 5.82 Å². The molecule has 5 nitrogen and oxygen atoms in total. The van der Waals surface area contributed by atoms with Crippen LogP contribution in [0.1, 0.15) is 17.0 Å². The minimum atomic E-state index is 0.346. The van der Waals surface area contributed by atoms with Gasteiger partial charge in [0.1, 0.15) is 18.2 Å². The Morgan fingerprint density at radius 1 is 1.10 bits per heavy atom. The van der Waals surface area contributed by atoms with Gasteiger partial charge in [-0.1, -0.05) is 6.07 Å². The van der Waals surface area contributed by atoms with Gasteiger partial charge in [-0.15, -0.1) is 0 Å². The third kappa shape index (κ3) is 3.45. The highest BCUT2D eigenvalue weighted by atomic mass is 16.5. The maximum Gasteiger partial charge on any atom is 0.224 e. The number of methoxy groups -OCH3 is 1. The van der Waals surface area contributed by atoms with E-state index in [1.165, 1.54) is 11.1 Å². The first-order chi connectivity index (χ1) is 9.62. The van der Waals surface area contributed by atoms with E-state index >= 15 is 0 Å². The second-order valence-corrected chi connectivity index (χ2v) is 4.54. The molecule has 0 fully saturated rings. The summed E-state index contributed by atoms with van der Waals surface area (Å²) in [5, 5.41) is 2.99. The highest BCUT2D eigenvalue weighted by Gasteiger charge is 2.06. The first-order valence-electron chi connectivity index (χ1n) is 6.42. The first kappa shape index (κ1) is 14.3.